The number of amides is 1. The van der Waals surface area contributed by atoms with Crippen molar-refractivity contribution < 1.29 is 27.8 Å². The molecule has 32 heavy (non-hydrogen) atoms. The molecule has 0 bridgehead atoms. The molecule has 0 saturated carbocycles. The van der Waals surface area contributed by atoms with Crippen LogP contribution in [0.2, 0.25) is 5.02 Å². The van der Waals surface area contributed by atoms with Gasteiger partial charge in [0.15, 0.2) is 5.82 Å². The zero-order valence-corrected chi connectivity index (χ0v) is 17.8. The number of aliphatic hydroxyl groups is 1. The van der Waals surface area contributed by atoms with E-state index in [0.717, 1.165) is 12.1 Å². The van der Waals surface area contributed by atoms with Gasteiger partial charge >= 0.3 is 6.36 Å². The monoisotopic (exact) mass is 465 g/mol. The standard InChI is InChI=1S/C22H19ClF3N3O3/c1-21(2,31)12-27-20(30)18-11-17(13-5-9-16(10-6-13)32-22(24,25)26)28-19(29-18)14-3-7-15(23)8-4-14/h3-11,31H,12H2,1-2H3,(H,27,30). The molecule has 1 amide bonds. The summed E-state index contributed by atoms with van der Waals surface area (Å²) < 4.78 is 41.1. The smallest absolute Gasteiger partial charge is 0.406 e. The second kappa shape index (κ2) is 9.13. The van der Waals surface area contributed by atoms with Gasteiger partial charge in [0, 0.05) is 22.7 Å². The van der Waals surface area contributed by atoms with Crippen molar-refractivity contribution in [2.24, 2.45) is 0 Å². The summed E-state index contributed by atoms with van der Waals surface area (Å²) in [5, 5.41) is 13.0. The van der Waals surface area contributed by atoms with Crippen molar-refractivity contribution in [1.29, 1.82) is 0 Å². The zero-order valence-electron chi connectivity index (χ0n) is 17.1. The van der Waals surface area contributed by atoms with Crippen LogP contribution in [0.25, 0.3) is 22.6 Å². The summed E-state index contributed by atoms with van der Waals surface area (Å²) in [6.45, 7) is 3.08. The lowest BCUT2D eigenvalue weighted by Crippen LogP contribution is -2.38. The Morgan fingerprint density at radius 1 is 1.03 bits per heavy atom. The minimum atomic E-state index is -4.80. The Kier molecular flexibility index (Phi) is 6.71. The highest BCUT2D eigenvalue weighted by molar-refractivity contribution is 6.30. The Morgan fingerprint density at radius 2 is 1.62 bits per heavy atom. The molecule has 168 valence electrons. The third-order valence-electron chi connectivity index (χ3n) is 4.13. The highest BCUT2D eigenvalue weighted by Gasteiger charge is 2.31. The van der Waals surface area contributed by atoms with Crippen LogP contribution in [0.15, 0.2) is 54.6 Å². The second-order valence-electron chi connectivity index (χ2n) is 7.54. The number of carbonyl (C=O) groups is 1. The molecule has 0 aliphatic heterocycles. The molecule has 0 unspecified atom stereocenters. The Bertz CT molecular complexity index is 1100. The summed E-state index contributed by atoms with van der Waals surface area (Å²) in [6.07, 6.45) is -4.80. The third-order valence-corrected chi connectivity index (χ3v) is 4.38. The first kappa shape index (κ1) is 23.5. The minimum Gasteiger partial charge on any atom is -0.406 e. The van der Waals surface area contributed by atoms with Crippen molar-refractivity contribution in [1.82, 2.24) is 15.3 Å². The van der Waals surface area contributed by atoms with Gasteiger partial charge in [-0.1, -0.05) is 11.6 Å². The van der Waals surface area contributed by atoms with Crippen LogP contribution in [0.3, 0.4) is 0 Å². The van der Waals surface area contributed by atoms with Gasteiger partial charge in [-0.05, 0) is 68.4 Å². The average molecular weight is 466 g/mol. The molecule has 2 N–H and O–H groups in total. The first-order chi connectivity index (χ1) is 14.9. The van der Waals surface area contributed by atoms with Gasteiger partial charge in [-0.25, -0.2) is 9.97 Å². The van der Waals surface area contributed by atoms with Crippen molar-refractivity contribution in [2.45, 2.75) is 25.8 Å². The van der Waals surface area contributed by atoms with Crippen molar-refractivity contribution in [2.75, 3.05) is 6.54 Å². The molecule has 0 atom stereocenters. The third kappa shape index (κ3) is 6.66. The molecule has 3 rings (SSSR count). The van der Waals surface area contributed by atoms with E-state index in [1.165, 1.54) is 18.2 Å². The number of nitrogens with one attached hydrogen (secondary N) is 1. The van der Waals surface area contributed by atoms with Crippen molar-refractivity contribution in [3.05, 3.63) is 65.3 Å². The molecule has 2 aromatic carbocycles. The molecule has 0 radical (unpaired) electrons. The van der Waals surface area contributed by atoms with E-state index in [1.54, 1.807) is 38.1 Å². The molecule has 1 heterocycles. The number of rotatable bonds is 6. The van der Waals surface area contributed by atoms with Gasteiger partial charge in [-0.15, -0.1) is 13.2 Å². The summed E-state index contributed by atoms with van der Waals surface area (Å²) in [6, 6.07) is 13.2. The Balaban J connectivity index is 2.00. The molecule has 0 saturated heterocycles. The van der Waals surface area contributed by atoms with Crippen LogP contribution in [0.1, 0.15) is 24.3 Å². The molecule has 0 aliphatic carbocycles. The molecular formula is C22H19ClF3N3O3. The number of hydrogen-bond donors (Lipinski definition) is 2. The zero-order chi connectivity index (χ0) is 23.5. The molecule has 0 fully saturated rings. The second-order valence-corrected chi connectivity index (χ2v) is 7.97. The topological polar surface area (TPSA) is 84.3 Å². The first-order valence-electron chi connectivity index (χ1n) is 9.41. The van der Waals surface area contributed by atoms with Crippen LogP contribution in [0.5, 0.6) is 5.75 Å². The number of aromatic nitrogens is 2. The molecule has 0 aliphatic rings. The van der Waals surface area contributed by atoms with Crippen molar-refractivity contribution in [3.8, 4) is 28.4 Å². The number of nitrogens with zero attached hydrogens (tertiary/aromatic N) is 2. The molecule has 10 heteroatoms. The largest absolute Gasteiger partial charge is 0.573 e. The van der Waals surface area contributed by atoms with Crippen LogP contribution in [0, 0.1) is 0 Å². The fourth-order valence-corrected chi connectivity index (χ4v) is 2.78. The van der Waals surface area contributed by atoms with Crippen LogP contribution in [-0.2, 0) is 0 Å². The maximum Gasteiger partial charge on any atom is 0.573 e. The van der Waals surface area contributed by atoms with Crippen LogP contribution < -0.4 is 10.1 Å². The lowest BCUT2D eigenvalue weighted by Gasteiger charge is -2.17. The summed E-state index contributed by atoms with van der Waals surface area (Å²) in [4.78, 5) is 21.4. The lowest BCUT2D eigenvalue weighted by atomic mass is 10.1. The predicted octanol–water partition coefficient (Wildman–Crippen LogP) is 4.86. The van der Waals surface area contributed by atoms with E-state index in [4.69, 9.17) is 11.6 Å². The summed E-state index contributed by atoms with van der Waals surface area (Å²) in [5.41, 5.74) is 0.258. The van der Waals surface area contributed by atoms with E-state index in [1.807, 2.05) is 0 Å². The van der Waals surface area contributed by atoms with E-state index >= 15 is 0 Å². The lowest BCUT2D eigenvalue weighted by molar-refractivity contribution is -0.274. The maximum atomic E-state index is 12.6. The van der Waals surface area contributed by atoms with Gasteiger partial charge in [-0.3, -0.25) is 4.79 Å². The molecular weight excluding hydrogens is 447 g/mol. The van der Waals surface area contributed by atoms with E-state index in [-0.39, 0.29) is 23.8 Å². The molecule has 6 nitrogen and oxygen atoms in total. The molecule has 3 aromatic rings. The summed E-state index contributed by atoms with van der Waals surface area (Å²) in [7, 11) is 0. The van der Waals surface area contributed by atoms with Crippen molar-refractivity contribution >= 4 is 17.5 Å². The van der Waals surface area contributed by atoms with Crippen LogP contribution >= 0.6 is 11.6 Å². The van der Waals surface area contributed by atoms with Gasteiger partial charge in [0.25, 0.3) is 5.91 Å². The van der Waals surface area contributed by atoms with Gasteiger partial charge in [0.05, 0.1) is 11.3 Å². The molecule has 0 spiro atoms. The van der Waals surface area contributed by atoms with Gasteiger partial charge < -0.3 is 15.2 Å². The fourth-order valence-electron chi connectivity index (χ4n) is 2.65. The predicted molar refractivity (Wildman–Crippen MR) is 113 cm³/mol. The number of alkyl halides is 3. The Hall–Kier alpha value is -3.17. The Morgan fingerprint density at radius 3 is 2.19 bits per heavy atom. The molecule has 1 aromatic heterocycles. The van der Waals surface area contributed by atoms with E-state index in [0.29, 0.717) is 21.8 Å². The minimum absolute atomic E-state index is 0.00900. The van der Waals surface area contributed by atoms with E-state index < -0.39 is 17.9 Å². The average Bonchev–Trinajstić information content (AvgIpc) is 2.71. The normalized spacial score (nSPS) is 11.8. The number of benzene rings is 2. The van der Waals surface area contributed by atoms with E-state index in [2.05, 4.69) is 20.0 Å². The number of hydrogen-bond acceptors (Lipinski definition) is 5. The maximum absolute atomic E-state index is 12.6. The van der Waals surface area contributed by atoms with Gasteiger partial charge in [-0.2, -0.15) is 0 Å². The summed E-state index contributed by atoms with van der Waals surface area (Å²) >= 11 is 5.93. The van der Waals surface area contributed by atoms with Crippen LogP contribution in [0.4, 0.5) is 13.2 Å². The van der Waals surface area contributed by atoms with E-state index in [9.17, 15) is 23.1 Å². The number of carbonyl (C=O) groups excluding carboxylic acids is 1. The van der Waals surface area contributed by atoms with Crippen molar-refractivity contribution in [3.63, 3.8) is 0 Å². The quantitative estimate of drug-likeness (QED) is 0.543. The van der Waals surface area contributed by atoms with Gasteiger partial charge in [0.2, 0.25) is 0 Å². The first-order valence-corrected chi connectivity index (χ1v) is 9.79. The highest BCUT2D eigenvalue weighted by atomic mass is 35.5. The number of halogens is 4. The van der Waals surface area contributed by atoms with Crippen LogP contribution in [-0.4, -0.2) is 39.5 Å². The summed E-state index contributed by atoms with van der Waals surface area (Å²) in [5.74, 6) is -0.692. The Labute approximate surface area is 187 Å². The number of ether oxygens (including phenoxy) is 1. The van der Waals surface area contributed by atoms with Gasteiger partial charge in [0.1, 0.15) is 11.4 Å². The fraction of sp³-hybridized carbons (Fsp3) is 0.227. The SMILES string of the molecule is CC(C)(O)CNC(=O)c1cc(-c2ccc(OC(F)(F)F)cc2)nc(-c2ccc(Cl)cc2)n1. The highest BCUT2D eigenvalue weighted by Crippen LogP contribution is 2.28.